The molecule has 1 aliphatic rings. The van der Waals surface area contributed by atoms with Crippen molar-refractivity contribution in [2.24, 2.45) is 0 Å². The van der Waals surface area contributed by atoms with Gasteiger partial charge in [0, 0.05) is 38.4 Å². The lowest BCUT2D eigenvalue weighted by atomic mass is 10.2. The fraction of sp³-hybridized carbons (Fsp3) is 0.368. The van der Waals surface area contributed by atoms with E-state index in [-0.39, 0.29) is 12.4 Å². The summed E-state index contributed by atoms with van der Waals surface area (Å²) in [5.41, 5.74) is 1.24. The molecule has 3 rings (SSSR count). The smallest absolute Gasteiger partial charge is 0.165 e. The summed E-state index contributed by atoms with van der Waals surface area (Å²) in [5.74, 6) is -0.216. The van der Waals surface area contributed by atoms with E-state index < -0.39 is 11.9 Å². The van der Waals surface area contributed by atoms with Gasteiger partial charge in [0.25, 0.3) is 0 Å². The van der Waals surface area contributed by atoms with Crippen LogP contribution < -0.4 is 9.64 Å². The minimum atomic E-state index is -0.632. The third kappa shape index (κ3) is 4.46. The SMILES string of the molecule is O[C@@H](COc1ccccc1F)CN1CCN(c2ccccc2)CC1. The van der Waals surface area contributed by atoms with Crippen molar-refractivity contribution in [3.8, 4) is 5.75 Å². The van der Waals surface area contributed by atoms with Gasteiger partial charge in [-0.3, -0.25) is 4.90 Å². The van der Waals surface area contributed by atoms with Crippen molar-refractivity contribution in [3.05, 3.63) is 60.4 Å². The summed E-state index contributed by atoms with van der Waals surface area (Å²) >= 11 is 0. The van der Waals surface area contributed by atoms with Gasteiger partial charge in [-0.05, 0) is 24.3 Å². The Morgan fingerprint density at radius 2 is 1.62 bits per heavy atom. The Morgan fingerprint density at radius 3 is 2.33 bits per heavy atom. The molecule has 1 aliphatic heterocycles. The van der Waals surface area contributed by atoms with E-state index in [0.29, 0.717) is 6.54 Å². The van der Waals surface area contributed by atoms with Crippen LogP contribution in [-0.4, -0.2) is 55.4 Å². The number of aliphatic hydroxyl groups excluding tert-OH is 1. The number of piperazine rings is 1. The van der Waals surface area contributed by atoms with Gasteiger partial charge in [-0.2, -0.15) is 0 Å². The van der Waals surface area contributed by atoms with Gasteiger partial charge in [0.1, 0.15) is 12.7 Å². The molecule has 2 aromatic rings. The fourth-order valence-corrected chi connectivity index (χ4v) is 2.93. The third-order valence-electron chi connectivity index (χ3n) is 4.23. The summed E-state index contributed by atoms with van der Waals surface area (Å²) in [6.07, 6.45) is -0.632. The van der Waals surface area contributed by atoms with E-state index >= 15 is 0 Å². The van der Waals surface area contributed by atoms with Crippen LogP contribution in [0.5, 0.6) is 5.75 Å². The maximum atomic E-state index is 13.5. The molecular formula is C19H23FN2O2. The number of para-hydroxylation sites is 2. The molecular weight excluding hydrogens is 307 g/mol. The van der Waals surface area contributed by atoms with Gasteiger partial charge in [0.2, 0.25) is 0 Å². The van der Waals surface area contributed by atoms with E-state index in [0.717, 1.165) is 26.2 Å². The molecule has 0 unspecified atom stereocenters. The van der Waals surface area contributed by atoms with E-state index in [1.807, 2.05) is 18.2 Å². The lowest BCUT2D eigenvalue weighted by molar-refractivity contribution is 0.0649. The molecule has 1 heterocycles. The minimum absolute atomic E-state index is 0.0971. The van der Waals surface area contributed by atoms with Crippen LogP contribution in [0.3, 0.4) is 0 Å². The highest BCUT2D eigenvalue weighted by Gasteiger charge is 2.19. The van der Waals surface area contributed by atoms with E-state index in [1.165, 1.54) is 11.8 Å². The molecule has 1 fully saturated rings. The predicted octanol–water partition coefficient (Wildman–Crippen LogP) is 2.39. The number of anilines is 1. The molecule has 0 aliphatic carbocycles. The van der Waals surface area contributed by atoms with E-state index in [1.54, 1.807) is 18.2 Å². The third-order valence-corrected chi connectivity index (χ3v) is 4.23. The van der Waals surface area contributed by atoms with Crippen molar-refractivity contribution in [2.45, 2.75) is 6.10 Å². The first kappa shape index (κ1) is 16.7. The van der Waals surface area contributed by atoms with Gasteiger partial charge in [0.15, 0.2) is 11.6 Å². The van der Waals surface area contributed by atoms with Crippen LogP contribution in [0.15, 0.2) is 54.6 Å². The second-order valence-electron chi connectivity index (χ2n) is 6.02. The second-order valence-corrected chi connectivity index (χ2v) is 6.02. The van der Waals surface area contributed by atoms with Crippen molar-refractivity contribution in [1.29, 1.82) is 0 Å². The zero-order chi connectivity index (χ0) is 16.8. The first-order valence-electron chi connectivity index (χ1n) is 8.30. The number of nitrogens with zero attached hydrogens (tertiary/aromatic N) is 2. The fourth-order valence-electron chi connectivity index (χ4n) is 2.93. The van der Waals surface area contributed by atoms with Crippen LogP contribution in [0.25, 0.3) is 0 Å². The van der Waals surface area contributed by atoms with Crippen molar-refractivity contribution < 1.29 is 14.2 Å². The number of hydrogen-bond donors (Lipinski definition) is 1. The van der Waals surface area contributed by atoms with Gasteiger partial charge < -0.3 is 14.7 Å². The normalized spacial score (nSPS) is 16.8. The zero-order valence-electron chi connectivity index (χ0n) is 13.6. The Balaban J connectivity index is 1.42. The van der Waals surface area contributed by atoms with E-state index in [9.17, 15) is 9.50 Å². The highest BCUT2D eigenvalue weighted by atomic mass is 19.1. The topological polar surface area (TPSA) is 35.9 Å². The lowest BCUT2D eigenvalue weighted by Crippen LogP contribution is -2.49. The molecule has 4 nitrogen and oxygen atoms in total. The minimum Gasteiger partial charge on any atom is -0.488 e. The molecule has 5 heteroatoms. The van der Waals surface area contributed by atoms with Crippen LogP contribution in [0.4, 0.5) is 10.1 Å². The molecule has 128 valence electrons. The second kappa shape index (κ2) is 8.13. The van der Waals surface area contributed by atoms with Crippen molar-refractivity contribution in [2.75, 3.05) is 44.2 Å². The molecule has 0 bridgehead atoms. The lowest BCUT2D eigenvalue weighted by Gasteiger charge is -2.36. The largest absolute Gasteiger partial charge is 0.488 e. The summed E-state index contributed by atoms with van der Waals surface area (Å²) in [7, 11) is 0. The van der Waals surface area contributed by atoms with Crippen molar-refractivity contribution >= 4 is 5.69 Å². The number of aliphatic hydroxyl groups is 1. The molecule has 0 amide bonds. The Kier molecular flexibility index (Phi) is 5.67. The van der Waals surface area contributed by atoms with Gasteiger partial charge in [-0.1, -0.05) is 30.3 Å². The molecule has 0 radical (unpaired) electrons. The first-order chi connectivity index (χ1) is 11.7. The van der Waals surface area contributed by atoms with Crippen LogP contribution in [0.2, 0.25) is 0 Å². The predicted molar refractivity (Wildman–Crippen MR) is 93.0 cm³/mol. The van der Waals surface area contributed by atoms with Gasteiger partial charge in [0.05, 0.1) is 0 Å². The molecule has 24 heavy (non-hydrogen) atoms. The highest BCUT2D eigenvalue weighted by Crippen LogP contribution is 2.17. The number of ether oxygens (including phenoxy) is 1. The zero-order valence-corrected chi connectivity index (χ0v) is 13.6. The summed E-state index contributed by atoms with van der Waals surface area (Å²) < 4.78 is 18.8. The van der Waals surface area contributed by atoms with Gasteiger partial charge in [-0.15, -0.1) is 0 Å². The van der Waals surface area contributed by atoms with Gasteiger partial charge in [-0.25, -0.2) is 4.39 Å². The molecule has 1 N–H and O–H groups in total. The van der Waals surface area contributed by atoms with Crippen molar-refractivity contribution in [1.82, 2.24) is 4.90 Å². The average molecular weight is 330 g/mol. The summed E-state index contributed by atoms with van der Waals surface area (Å²) in [4.78, 5) is 4.56. The molecule has 1 atom stereocenters. The number of halogens is 1. The molecule has 0 spiro atoms. The van der Waals surface area contributed by atoms with Crippen LogP contribution in [0, 0.1) is 5.82 Å². The van der Waals surface area contributed by atoms with Crippen LogP contribution in [-0.2, 0) is 0 Å². The Labute approximate surface area is 142 Å². The van der Waals surface area contributed by atoms with Crippen LogP contribution >= 0.6 is 0 Å². The molecule has 0 saturated carbocycles. The van der Waals surface area contributed by atoms with Gasteiger partial charge >= 0.3 is 0 Å². The summed E-state index contributed by atoms with van der Waals surface area (Å²) in [5, 5.41) is 10.1. The Bertz CT molecular complexity index is 630. The monoisotopic (exact) mass is 330 g/mol. The quantitative estimate of drug-likeness (QED) is 0.882. The molecule has 2 aromatic carbocycles. The number of β-amino-alcohol motifs (C(OH)–C–C–N with tert-alkyl or cyclic N) is 1. The Hall–Kier alpha value is -2.11. The summed E-state index contributed by atoms with van der Waals surface area (Å²) in [6, 6.07) is 16.6. The summed E-state index contributed by atoms with van der Waals surface area (Å²) in [6.45, 7) is 4.30. The standard InChI is InChI=1S/C19H23FN2O2/c20-18-8-4-5-9-19(18)24-15-17(23)14-21-10-12-22(13-11-21)16-6-2-1-3-7-16/h1-9,17,23H,10-15H2/t17-/m1/s1. The molecule has 0 aromatic heterocycles. The average Bonchev–Trinajstić information content (AvgIpc) is 2.62. The first-order valence-corrected chi connectivity index (χ1v) is 8.30. The number of benzene rings is 2. The molecule has 1 saturated heterocycles. The van der Waals surface area contributed by atoms with E-state index in [4.69, 9.17) is 4.74 Å². The number of rotatable bonds is 6. The van der Waals surface area contributed by atoms with Crippen molar-refractivity contribution in [3.63, 3.8) is 0 Å². The maximum absolute atomic E-state index is 13.5. The Morgan fingerprint density at radius 1 is 0.958 bits per heavy atom. The van der Waals surface area contributed by atoms with Crippen LogP contribution in [0.1, 0.15) is 0 Å². The maximum Gasteiger partial charge on any atom is 0.165 e. The van der Waals surface area contributed by atoms with E-state index in [2.05, 4.69) is 21.9 Å². The number of hydrogen-bond acceptors (Lipinski definition) is 4. The highest BCUT2D eigenvalue weighted by molar-refractivity contribution is 5.46.